The Morgan fingerprint density at radius 2 is 1.06 bits per heavy atom. The average molecular weight is 449 g/mol. The smallest absolute Gasteiger partial charge is 0.217 e. The summed E-state index contributed by atoms with van der Waals surface area (Å²) in [5.41, 5.74) is 4.31. The molecule has 0 aromatic heterocycles. The van der Waals surface area contributed by atoms with Gasteiger partial charge in [0.1, 0.15) is 13.2 Å². The van der Waals surface area contributed by atoms with Crippen molar-refractivity contribution in [1.82, 2.24) is 0 Å². The summed E-state index contributed by atoms with van der Waals surface area (Å²) in [5.74, 6) is 1.46. The lowest BCUT2D eigenvalue weighted by atomic mass is 9.87. The second kappa shape index (κ2) is 8.60. The molecular formula is C30H28N2O2. The van der Waals surface area contributed by atoms with Crippen molar-refractivity contribution in [2.24, 2.45) is 9.98 Å². The molecule has 6 rings (SSSR count). The summed E-state index contributed by atoms with van der Waals surface area (Å²) >= 11 is 0. The molecule has 2 heterocycles. The van der Waals surface area contributed by atoms with E-state index in [0.717, 1.165) is 46.9 Å². The van der Waals surface area contributed by atoms with Crippen molar-refractivity contribution in [3.05, 3.63) is 83.9 Å². The van der Waals surface area contributed by atoms with Gasteiger partial charge in [0.2, 0.25) is 11.8 Å². The fourth-order valence-corrected chi connectivity index (χ4v) is 4.98. The third-order valence-electron chi connectivity index (χ3n) is 6.94. The molecule has 34 heavy (non-hydrogen) atoms. The lowest BCUT2D eigenvalue weighted by Crippen LogP contribution is -2.09. The van der Waals surface area contributed by atoms with E-state index in [4.69, 9.17) is 19.5 Å². The van der Waals surface area contributed by atoms with Crippen LogP contribution in [0.1, 0.15) is 37.8 Å². The van der Waals surface area contributed by atoms with Crippen LogP contribution in [0.3, 0.4) is 0 Å². The van der Waals surface area contributed by atoms with Gasteiger partial charge in [0.05, 0.1) is 12.1 Å². The Kier molecular flexibility index (Phi) is 5.29. The van der Waals surface area contributed by atoms with Gasteiger partial charge in [-0.3, -0.25) is 0 Å². The van der Waals surface area contributed by atoms with Crippen LogP contribution >= 0.6 is 0 Å². The zero-order valence-corrected chi connectivity index (χ0v) is 19.6. The first-order chi connectivity index (χ1) is 16.8. The average Bonchev–Trinajstić information content (AvgIpc) is 3.57. The van der Waals surface area contributed by atoms with Crippen LogP contribution in [-0.4, -0.2) is 37.1 Å². The zero-order chi connectivity index (χ0) is 23.1. The highest BCUT2D eigenvalue weighted by Crippen LogP contribution is 2.41. The van der Waals surface area contributed by atoms with Crippen LogP contribution in [0.15, 0.2) is 82.8 Å². The number of hydrogen-bond donors (Lipinski definition) is 0. The fraction of sp³-hybridized carbons (Fsp3) is 0.267. The number of fused-ring (bicyclic) bond motifs is 2. The van der Waals surface area contributed by atoms with Gasteiger partial charge in [-0.2, -0.15) is 0 Å². The molecule has 4 nitrogen and oxygen atoms in total. The minimum absolute atomic E-state index is 0.203. The molecule has 0 unspecified atom stereocenters. The summed E-state index contributed by atoms with van der Waals surface area (Å²) < 4.78 is 12.3. The SMILES string of the molecule is CC[C@H]1COC(c2ccc3ccccc3c2-c2c(C3=N[C@@H](CC)CO3)ccc3ccccc23)=N1. The van der Waals surface area contributed by atoms with E-state index in [2.05, 4.69) is 86.6 Å². The van der Waals surface area contributed by atoms with E-state index in [9.17, 15) is 0 Å². The number of aliphatic imine (C=N–C) groups is 2. The number of rotatable bonds is 5. The molecular weight excluding hydrogens is 420 g/mol. The van der Waals surface area contributed by atoms with Gasteiger partial charge < -0.3 is 9.47 Å². The molecule has 0 amide bonds. The Labute approximate surface area is 200 Å². The highest BCUT2D eigenvalue weighted by molar-refractivity contribution is 6.19. The molecule has 0 radical (unpaired) electrons. The molecule has 4 aromatic rings. The van der Waals surface area contributed by atoms with Crippen molar-refractivity contribution >= 4 is 33.3 Å². The standard InChI is InChI=1S/C30H28N2O2/c1-3-21-17-33-29(31-21)25-15-13-19-9-5-7-11-23(19)27(25)28-24-12-8-6-10-20(24)14-16-26(28)30-32-22(4-2)18-34-30/h5-16,21-22H,3-4,17-18H2,1-2H3/t21-,22-/m0/s1. The van der Waals surface area contributed by atoms with Gasteiger partial charge in [0, 0.05) is 22.3 Å². The molecule has 2 atom stereocenters. The zero-order valence-electron chi connectivity index (χ0n) is 19.6. The lowest BCUT2D eigenvalue weighted by molar-refractivity contribution is 0.315. The van der Waals surface area contributed by atoms with Crippen LogP contribution in [0.5, 0.6) is 0 Å². The first-order valence-electron chi connectivity index (χ1n) is 12.2. The van der Waals surface area contributed by atoms with E-state index in [1.165, 1.54) is 21.5 Å². The quantitative estimate of drug-likeness (QED) is 0.338. The summed E-state index contributed by atoms with van der Waals surface area (Å²) in [6.45, 7) is 5.58. The van der Waals surface area contributed by atoms with Crippen LogP contribution in [0, 0.1) is 0 Å². The van der Waals surface area contributed by atoms with E-state index in [0.29, 0.717) is 13.2 Å². The second-order valence-corrected chi connectivity index (χ2v) is 9.03. The predicted octanol–water partition coefficient (Wildman–Crippen LogP) is 6.77. The first kappa shape index (κ1) is 20.9. The van der Waals surface area contributed by atoms with Crippen LogP contribution < -0.4 is 0 Å². The molecule has 4 aromatic carbocycles. The largest absolute Gasteiger partial charge is 0.475 e. The van der Waals surface area contributed by atoms with Crippen molar-refractivity contribution in [3.63, 3.8) is 0 Å². The molecule has 0 N–H and O–H groups in total. The monoisotopic (exact) mass is 448 g/mol. The molecule has 0 spiro atoms. The summed E-state index contributed by atoms with van der Waals surface area (Å²) in [6, 6.07) is 26.1. The predicted molar refractivity (Wildman–Crippen MR) is 140 cm³/mol. The van der Waals surface area contributed by atoms with Crippen molar-refractivity contribution in [1.29, 1.82) is 0 Å². The molecule has 4 heteroatoms. The van der Waals surface area contributed by atoms with Crippen LogP contribution in [-0.2, 0) is 9.47 Å². The Balaban J connectivity index is 1.71. The van der Waals surface area contributed by atoms with E-state index in [-0.39, 0.29) is 12.1 Å². The number of benzene rings is 4. The highest BCUT2D eigenvalue weighted by Gasteiger charge is 2.28. The van der Waals surface area contributed by atoms with Gasteiger partial charge in [0.25, 0.3) is 0 Å². The van der Waals surface area contributed by atoms with Crippen molar-refractivity contribution < 1.29 is 9.47 Å². The van der Waals surface area contributed by atoms with Gasteiger partial charge in [-0.1, -0.05) is 74.5 Å². The summed E-state index contributed by atoms with van der Waals surface area (Å²) in [5, 5.41) is 4.72. The third kappa shape index (κ3) is 3.45. The van der Waals surface area contributed by atoms with Crippen LogP contribution in [0.25, 0.3) is 32.7 Å². The van der Waals surface area contributed by atoms with Gasteiger partial charge in [-0.25, -0.2) is 9.98 Å². The molecule has 170 valence electrons. The van der Waals surface area contributed by atoms with Gasteiger partial charge in [0.15, 0.2) is 0 Å². The highest BCUT2D eigenvalue weighted by atomic mass is 16.5. The molecule has 0 saturated carbocycles. The van der Waals surface area contributed by atoms with E-state index in [1.807, 2.05) is 0 Å². The molecule has 0 bridgehead atoms. The topological polar surface area (TPSA) is 43.2 Å². The van der Waals surface area contributed by atoms with Gasteiger partial charge >= 0.3 is 0 Å². The summed E-state index contributed by atoms with van der Waals surface area (Å²) in [6.07, 6.45) is 1.93. The Hall–Kier alpha value is -3.66. The number of ether oxygens (including phenoxy) is 2. The van der Waals surface area contributed by atoms with Gasteiger partial charge in [-0.05, 0) is 46.5 Å². The molecule has 2 aliphatic rings. The summed E-state index contributed by atoms with van der Waals surface area (Å²) in [4.78, 5) is 9.87. The molecule has 0 fully saturated rings. The Morgan fingerprint density at radius 3 is 1.47 bits per heavy atom. The van der Waals surface area contributed by atoms with Crippen LogP contribution in [0.4, 0.5) is 0 Å². The maximum absolute atomic E-state index is 6.15. The Bertz CT molecular complexity index is 1340. The van der Waals surface area contributed by atoms with E-state index < -0.39 is 0 Å². The maximum Gasteiger partial charge on any atom is 0.217 e. The first-order valence-corrected chi connectivity index (χ1v) is 12.2. The molecule has 2 aliphatic heterocycles. The van der Waals surface area contributed by atoms with E-state index >= 15 is 0 Å². The van der Waals surface area contributed by atoms with Gasteiger partial charge in [-0.15, -0.1) is 0 Å². The third-order valence-corrected chi connectivity index (χ3v) is 6.94. The number of nitrogens with zero attached hydrogens (tertiary/aromatic N) is 2. The molecule has 0 saturated heterocycles. The normalized spacial score (nSPS) is 19.7. The minimum Gasteiger partial charge on any atom is -0.475 e. The van der Waals surface area contributed by atoms with Crippen LogP contribution in [0.2, 0.25) is 0 Å². The Morgan fingerprint density at radius 1 is 0.618 bits per heavy atom. The van der Waals surface area contributed by atoms with Crippen molar-refractivity contribution in [2.75, 3.05) is 13.2 Å². The second-order valence-electron chi connectivity index (χ2n) is 9.03. The molecule has 0 aliphatic carbocycles. The van der Waals surface area contributed by atoms with Crippen molar-refractivity contribution in [3.8, 4) is 11.1 Å². The summed E-state index contributed by atoms with van der Waals surface area (Å²) in [7, 11) is 0. The lowest BCUT2D eigenvalue weighted by Gasteiger charge is -2.19. The number of hydrogen-bond acceptors (Lipinski definition) is 4. The maximum atomic E-state index is 6.15. The van der Waals surface area contributed by atoms with Crippen molar-refractivity contribution in [2.45, 2.75) is 38.8 Å². The fourth-order valence-electron chi connectivity index (χ4n) is 4.98. The minimum atomic E-state index is 0.203. The van der Waals surface area contributed by atoms with E-state index in [1.54, 1.807) is 0 Å².